The molecule has 1 atom stereocenters. The average Bonchev–Trinajstić information content (AvgIpc) is 2.69. The summed E-state index contributed by atoms with van der Waals surface area (Å²) in [4.78, 5) is 4.42. The predicted octanol–water partition coefficient (Wildman–Crippen LogP) is 3.87. The first-order valence-corrected chi connectivity index (χ1v) is 7.28. The van der Waals surface area contributed by atoms with Crippen LogP contribution in [0.15, 0.2) is 23.6 Å². The first-order chi connectivity index (χ1) is 8.54. The topological polar surface area (TPSA) is 38.9 Å². The Hall–Kier alpha value is -0.610. The van der Waals surface area contributed by atoms with Crippen LogP contribution in [0.4, 0.5) is 0 Å². The van der Waals surface area contributed by atoms with Gasteiger partial charge in [0, 0.05) is 23.5 Å². The highest BCUT2D eigenvalue weighted by atomic mass is 35.5. The lowest BCUT2D eigenvalue weighted by atomic mass is 10.0. The summed E-state index contributed by atoms with van der Waals surface area (Å²) < 4.78 is 0. The predicted molar refractivity (Wildman–Crippen MR) is 78.7 cm³/mol. The standard InChI is InChI=1S/C13H14Cl2N2S/c1-8-7-18-13(17-8)6-10(16)4-9-2-3-11(14)12(15)5-9/h2-3,5,7,10H,4,6,16H2,1H3. The minimum absolute atomic E-state index is 0.0489. The summed E-state index contributed by atoms with van der Waals surface area (Å²) in [6.07, 6.45) is 1.56. The number of rotatable bonds is 4. The zero-order chi connectivity index (χ0) is 13.1. The molecule has 0 saturated heterocycles. The quantitative estimate of drug-likeness (QED) is 0.931. The number of hydrogen-bond donors (Lipinski definition) is 1. The second-order valence-corrected chi connectivity index (χ2v) is 6.06. The van der Waals surface area contributed by atoms with E-state index in [1.54, 1.807) is 17.4 Å². The van der Waals surface area contributed by atoms with Gasteiger partial charge in [-0.15, -0.1) is 11.3 Å². The van der Waals surface area contributed by atoms with Crippen LogP contribution in [0.25, 0.3) is 0 Å². The van der Waals surface area contributed by atoms with Crippen LogP contribution in [0.1, 0.15) is 16.3 Å². The van der Waals surface area contributed by atoms with E-state index in [-0.39, 0.29) is 6.04 Å². The molecular formula is C13H14Cl2N2S. The maximum Gasteiger partial charge on any atom is 0.0943 e. The minimum Gasteiger partial charge on any atom is -0.327 e. The molecule has 2 N–H and O–H groups in total. The summed E-state index contributed by atoms with van der Waals surface area (Å²) >= 11 is 13.5. The Labute approximate surface area is 121 Å². The highest BCUT2D eigenvalue weighted by molar-refractivity contribution is 7.09. The van der Waals surface area contributed by atoms with Crippen LogP contribution in [-0.4, -0.2) is 11.0 Å². The van der Waals surface area contributed by atoms with Gasteiger partial charge in [-0.05, 0) is 31.0 Å². The third-order valence-corrected chi connectivity index (χ3v) is 4.31. The van der Waals surface area contributed by atoms with Crippen LogP contribution < -0.4 is 5.73 Å². The maximum absolute atomic E-state index is 6.13. The fourth-order valence-corrected chi connectivity index (χ4v) is 2.95. The Morgan fingerprint density at radius 1 is 1.28 bits per heavy atom. The fraction of sp³-hybridized carbons (Fsp3) is 0.308. The summed E-state index contributed by atoms with van der Waals surface area (Å²) in [7, 11) is 0. The number of benzene rings is 1. The second-order valence-electron chi connectivity index (χ2n) is 4.30. The molecule has 5 heteroatoms. The molecule has 1 unspecified atom stereocenters. The van der Waals surface area contributed by atoms with E-state index in [2.05, 4.69) is 4.98 Å². The Bertz CT molecular complexity index is 540. The van der Waals surface area contributed by atoms with Gasteiger partial charge in [0.05, 0.1) is 15.1 Å². The van der Waals surface area contributed by atoms with E-state index in [4.69, 9.17) is 28.9 Å². The van der Waals surface area contributed by atoms with Gasteiger partial charge < -0.3 is 5.73 Å². The first-order valence-electron chi connectivity index (χ1n) is 5.65. The zero-order valence-electron chi connectivity index (χ0n) is 9.99. The number of hydrogen-bond acceptors (Lipinski definition) is 3. The fourth-order valence-electron chi connectivity index (χ4n) is 1.76. The molecule has 96 valence electrons. The molecule has 18 heavy (non-hydrogen) atoms. The Kier molecular flexibility index (Phi) is 4.62. The number of halogens is 2. The number of nitrogens with two attached hydrogens (primary N) is 1. The Morgan fingerprint density at radius 3 is 2.67 bits per heavy atom. The van der Waals surface area contributed by atoms with Crippen LogP contribution >= 0.6 is 34.5 Å². The van der Waals surface area contributed by atoms with Crippen molar-refractivity contribution in [3.05, 3.63) is 49.9 Å². The van der Waals surface area contributed by atoms with Crippen LogP contribution in [0.5, 0.6) is 0 Å². The molecule has 0 saturated carbocycles. The normalized spacial score (nSPS) is 12.7. The van der Waals surface area contributed by atoms with Gasteiger partial charge >= 0.3 is 0 Å². The molecule has 1 aromatic carbocycles. The van der Waals surface area contributed by atoms with Crippen LogP contribution in [0, 0.1) is 6.92 Å². The SMILES string of the molecule is Cc1csc(CC(N)Cc2ccc(Cl)c(Cl)c2)n1. The molecule has 2 rings (SSSR count). The lowest BCUT2D eigenvalue weighted by molar-refractivity contribution is 0.661. The molecule has 0 aliphatic rings. The summed E-state index contributed by atoms with van der Waals surface area (Å²) in [6, 6.07) is 5.69. The van der Waals surface area contributed by atoms with Gasteiger partial charge in [-0.1, -0.05) is 29.3 Å². The van der Waals surface area contributed by atoms with E-state index < -0.39 is 0 Å². The minimum atomic E-state index is 0.0489. The summed E-state index contributed by atoms with van der Waals surface area (Å²) in [5, 5.41) is 4.28. The van der Waals surface area contributed by atoms with Gasteiger partial charge in [-0.3, -0.25) is 0 Å². The van der Waals surface area contributed by atoms with Crippen molar-refractivity contribution in [2.24, 2.45) is 5.73 Å². The Morgan fingerprint density at radius 2 is 2.06 bits per heavy atom. The van der Waals surface area contributed by atoms with Crippen LogP contribution in [-0.2, 0) is 12.8 Å². The van der Waals surface area contributed by atoms with E-state index >= 15 is 0 Å². The van der Waals surface area contributed by atoms with Crippen LogP contribution in [0.2, 0.25) is 10.0 Å². The van der Waals surface area contributed by atoms with Crippen LogP contribution in [0.3, 0.4) is 0 Å². The number of thiazole rings is 1. The molecule has 1 aromatic heterocycles. The third kappa shape index (κ3) is 3.69. The van der Waals surface area contributed by atoms with Gasteiger partial charge in [0.2, 0.25) is 0 Å². The summed E-state index contributed by atoms with van der Waals surface area (Å²) in [5.41, 5.74) is 8.28. The highest BCUT2D eigenvalue weighted by Crippen LogP contribution is 2.23. The number of nitrogens with zero attached hydrogens (tertiary/aromatic N) is 1. The number of aromatic nitrogens is 1. The van der Waals surface area contributed by atoms with E-state index in [1.165, 1.54) is 0 Å². The molecule has 0 fully saturated rings. The summed E-state index contributed by atoms with van der Waals surface area (Å²) in [6.45, 7) is 1.99. The van der Waals surface area contributed by atoms with Crippen molar-refractivity contribution in [1.82, 2.24) is 4.98 Å². The van der Waals surface area contributed by atoms with E-state index in [1.807, 2.05) is 24.4 Å². The lowest BCUT2D eigenvalue weighted by Gasteiger charge is -2.10. The maximum atomic E-state index is 6.13. The van der Waals surface area contributed by atoms with Gasteiger partial charge in [0.25, 0.3) is 0 Å². The molecule has 2 aromatic rings. The highest BCUT2D eigenvalue weighted by Gasteiger charge is 2.09. The molecule has 0 spiro atoms. The largest absolute Gasteiger partial charge is 0.327 e. The van der Waals surface area contributed by atoms with Crippen molar-refractivity contribution >= 4 is 34.5 Å². The molecule has 2 nitrogen and oxygen atoms in total. The lowest BCUT2D eigenvalue weighted by Crippen LogP contribution is -2.25. The van der Waals surface area contributed by atoms with Gasteiger partial charge in [-0.25, -0.2) is 4.98 Å². The van der Waals surface area contributed by atoms with Crippen molar-refractivity contribution in [3.8, 4) is 0 Å². The first kappa shape index (κ1) is 13.8. The molecule has 0 bridgehead atoms. The van der Waals surface area contributed by atoms with Gasteiger partial charge in [0.1, 0.15) is 0 Å². The smallest absolute Gasteiger partial charge is 0.0943 e. The van der Waals surface area contributed by atoms with Crippen molar-refractivity contribution in [1.29, 1.82) is 0 Å². The van der Waals surface area contributed by atoms with Crippen molar-refractivity contribution in [2.45, 2.75) is 25.8 Å². The van der Waals surface area contributed by atoms with Crippen molar-refractivity contribution in [3.63, 3.8) is 0 Å². The van der Waals surface area contributed by atoms with E-state index in [0.29, 0.717) is 10.0 Å². The Balaban J connectivity index is 1.98. The zero-order valence-corrected chi connectivity index (χ0v) is 12.3. The number of aryl methyl sites for hydroxylation is 1. The summed E-state index contributed by atoms with van der Waals surface area (Å²) in [5.74, 6) is 0. The molecule has 0 aliphatic heterocycles. The van der Waals surface area contributed by atoms with E-state index in [9.17, 15) is 0 Å². The van der Waals surface area contributed by atoms with E-state index in [0.717, 1.165) is 29.1 Å². The molecule has 0 aliphatic carbocycles. The second kappa shape index (κ2) is 6.02. The molecule has 0 amide bonds. The molecular weight excluding hydrogens is 287 g/mol. The van der Waals surface area contributed by atoms with Gasteiger partial charge in [0.15, 0.2) is 0 Å². The molecule has 0 radical (unpaired) electrons. The van der Waals surface area contributed by atoms with Crippen molar-refractivity contribution in [2.75, 3.05) is 0 Å². The average molecular weight is 301 g/mol. The molecule has 1 heterocycles. The van der Waals surface area contributed by atoms with Crippen molar-refractivity contribution < 1.29 is 0 Å². The third-order valence-electron chi connectivity index (χ3n) is 2.59. The van der Waals surface area contributed by atoms with Gasteiger partial charge in [-0.2, -0.15) is 0 Å². The monoisotopic (exact) mass is 300 g/mol.